The first-order chi connectivity index (χ1) is 7.95. The second-order valence-electron chi connectivity index (χ2n) is 4.52. The highest BCUT2D eigenvalue weighted by molar-refractivity contribution is 5.14. The minimum Gasteiger partial charge on any atom is -0.381 e. The lowest BCUT2D eigenvalue weighted by atomic mass is 10.0. The fourth-order valence-corrected chi connectivity index (χ4v) is 2.15. The van der Waals surface area contributed by atoms with Crippen molar-refractivity contribution in [3.63, 3.8) is 0 Å². The van der Waals surface area contributed by atoms with E-state index < -0.39 is 0 Å². The summed E-state index contributed by atoms with van der Waals surface area (Å²) < 4.78 is 5.74. The number of piperidine rings is 1. The molecule has 1 aromatic carbocycles. The van der Waals surface area contributed by atoms with E-state index >= 15 is 0 Å². The first-order valence-corrected chi connectivity index (χ1v) is 6.27. The third-order valence-electron chi connectivity index (χ3n) is 3.13. The molecule has 1 saturated heterocycles. The van der Waals surface area contributed by atoms with Crippen LogP contribution in [-0.4, -0.2) is 26.3 Å². The molecule has 1 aliphatic rings. The normalized spacial score (nSPS) is 20.9. The van der Waals surface area contributed by atoms with Crippen LogP contribution in [-0.2, 0) is 11.2 Å². The molecule has 0 unspecified atom stereocenters. The van der Waals surface area contributed by atoms with Crippen LogP contribution in [0.5, 0.6) is 0 Å². The van der Waals surface area contributed by atoms with E-state index in [0.717, 1.165) is 32.1 Å². The predicted molar refractivity (Wildman–Crippen MR) is 66.6 cm³/mol. The number of nitrogens with one attached hydrogen (secondary N) is 1. The third kappa shape index (κ3) is 3.95. The molecule has 0 aliphatic carbocycles. The van der Waals surface area contributed by atoms with Crippen LogP contribution in [0.3, 0.4) is 0 Å². The Morgan fingerprint density at radius 3 is 2.88 bits per heavy atom. The Hall–Kier alpha value is -0.860. The molecule has 2 nitrogen and oxygen atoms in total. The zero-order valence-corrected chi connectivity index (χ0v) is 9.82. The molecule has 1 aliphatic heterocycles. The molecule has 1 atom stereocenters. The smallest absolute Gasteiger partial charge is 0.0506 e. The molecular formula is C14H21NO. The van der Waals surface area contributed by atoms with Gasteiger partial charge in [-0.2, -0.15) is 0 Å². The van der Waals surface area contributed by atoms with Gasteiger partial charge in [0.2, 0.25) is 0 Å². The van der Waals surface area contributed by atoms with Crippen molar-refractivity contribution in [2.24, 2.45) is 5.92 Å². The zero-order valence-electron chi connectivity index (χ0n) is 9.82. The molecule has 0 saturated carbocycles. The molecule has 1 aromatic rings. The van der Waals surface area contributed by atoms with Crippen molar-refractivity contribution in [3.8, 4) is 0 Å². The largest absolute Gasteiger partial charge is 0.381 e. The maximum absolute atomic E-state index is 5.74. The molecule has 16 heavy (non-hydrogen) atoms. The lowest BCUT2D eigenvalue weighted by Gasteiger charge is -2.22. The summed E-state index contributed by atoms with van der Waals surface area (Å²) >= 11 is 0. The standard InChI is InChI=1S/C14H21NO/c1-2-5-13(6-3-1)8-10-16-12-14-7-4-9-15-11-14/h1-3,5-6,14-15H,4,7-12H2/t14-/m1/s1. The summed E-state index contributed by atoms with van der Waals surface area (Å²) in [6.07, 6.45) is 3.64. The average Bonchev–Trinajstić information content (AvgIpc) is 2.37. The fraction of sp³-hybridized carbons (Fsp3) is 0.571. The first-order valence-electron chi connectivity index (χ1n) is 6.27. The molecule has 0 radical (unpaired) electrons. The summed E-state index contributed by atoms with van der Waals surface area (Å²) in [6.45, 7) is 4.08. The van der Waals surface area contributed by atoms with Gasteiger partial charge in [-0.1, -0.05) is 30.3 Å². The number of benzene rings is 1. The maximum Gasteiger partial charge on any atom is 0.0506 e. The lowest BCUT2D eigenvalue weighted by molar-refractivity contribution is 0.0921. The van der Waals surface area contributed by atoms with Crippen LogP contribution >= 0.6 is 0 Å². The van der Waals surface area contributed by atoms with Crippen LogP contribution in [0.25, 0.3) is 0 Å². The van der Waals surface area contributed by atoms with E-state index in [4.69, 9.17) is 4.74 Å². The molecular weight excluding hydrogens is 198 g/mol. The van der Waals surface area contributed by atoms with Crippen molar-refractivity contribution >= 4 is 0 Å². The monoisotopic (exact) mass is 219 g/mol. The van der Waals surface area contributed by atoms with E-state index in [1.54, 1.807) is 0 Å². The first kappa shape index (κ1) is 11.6. The second-order valence-corrected chi connectivity index (χ2v) is 4.52. The van der Waals surface area contributed by atoms with Crippen LogP contribution in [0.15, 0.2) is 30.3 Å². The van der Waals surface area contributed by atoms with Gasteiger partial charge < -0.3 is 10.1 Å². The molecule has 0 amide bonds. The predicted octanol–water partition coefficient (Wildman–Crippen LogP) is 2.25. The summed E-state index contributed by atoms with van der Waals surface area (Å²) in [5, 5.41) is 3.41. The maximum atomic E-state index is 5.74. The average molecular weight is 219 g/mol. The molecule has 2 rings (SSSR count). The van der Waals surface area contributed by atoms with Gasteiger partial charge in [0, 0.05) is 6.54 Å². The van der Waals surface area contributed by atoms with Crippen LogP contribution in [0, 0.1) is 5.92 Å². The van der Waals surface area contributed by atoms with Crippen LogP contribution < -0.4 is 5.32 Å². The molecule has 0 bridgehead atoms. The van der Waals surface area contributed by atoms with Crippen molar-refractivity contribution in [2.75, 3.05) is 26.3 Å². The van der Waals surface area contributed by atoms with E-state index in [1.807, 2.05) is 0 Å². The lowest BCUT2D eigenvalue weighted by Crippen LogP contribution is -2.32. The summed E-state index contributed by atoms with van der Waals surface area (Å²) in [7, 11) is 0. The topological polar surface area (TPSA) is 21.3 Å². The van der Waals surface area contributed by atoms with Crippen molar-refractivity contribution in [3.05, 3.63) is 35.9 Å². The Morgan fingerprint density at radius 1 is 1.25 bits per heavy atom. The van der Waals surface area contributed by atoms with Gasteiger partial charge in [0.1, 0.15) is 0 Å². The fourth-order valence-electron chi connectivity index (χ4n) is 2.15. The zero-order chi connectivity index (χ0) is 11.1. The van der Waals surface area contributed by atoms with Crippen LogP contribution in [0.1, 0.15) is 18.4 Å². The van der Waals surface area contributed by atoms with E-state index in [1.165, 1.54) is 24.9 Å². The third-order valence-corrected chi connectivity index (χ3v) is 3.13. The highest BCUT2D eigenvalue weighted by Crippen LogP contribution is 2.10. The van der Waals surface area contributed by atoms with Gasteiger partial charge in [0.25, 0.3) is 0 Å². The Labute approximate surface area is 98.0 Å². The van der Waals surface area contributed by atoms with E-state index in [-0.39, 0.29) is 0 Å². The number of hydrogen-bond acceptors (Lipinski definition) is 2. The highest BCUT2D eigenvalue weighted by atomic mass is 16.5. The summed E-state index contributed by atoms with van der Waals surface area (Å²) in [5.41, 5.74) is 1.37. The van der Waals surface area contributed by atoms with Gasteiger partial charge in [0.05, 0.1) is 13.2 Å². The summed E-state index contributed by atoms with van der Waals surface area (Å²) in [5.74, 6) is 0.726. The molecule has 1 fully saturated rings. The minimum absolute atomic E-state index is 0.726. The molecule has 1 N–H and O–H groups in total. The molecule has 0 aromatic heterocycles. The van der Waals surface area contributed by atoms with Crippen molar-refractivity contribution in [2.45, 2.75) is 19.3 Å². The highest BCUT2D eigenvalue weighted by Gasteiger charge is 2.12. The van der Waals surface area contributed by atoms with Gasteiger partial charge >= 0.3 is 0 Å². The van der Waals surface area contributed by atoms with Crippen LogP contribution in [0.4, 0.5) is 0 Å². The van der Waals surface area contributed by atoms with E-state index in [2.05, 4.69) is 35.6 Å². The number of rotatable bonds is 5. The Balaban J connectivity index is 1.58. The Bertz CT molecular complexity index is 280. The van der Waals surface area contributed by atoms with Gasteiger partial charge in [-0.15, -0.1) is 0 Å². The van der Waals surface area contributed by atoms with Crippen LogP contribution in [0.2, 0.25) is 0 Å². The van der Waals surface area contributed by atoms with Crippen molar-refractivity contribution in [1.82, 2.24) is 5.32 Å². The Morgan fingerprint density at radius 2 is 2.12 bits per heavy atom. The number of hydrogen-bond donors (Lipinski definition) is 1. The van der Waals surface area contributed by atoms with Crippen molar-refractivity contribution < 1.29 is 4.74 Å². The minimum atomic E-state index is 0.726. The quantitative estimate of drug-likeness (QED) is 0.767. The summed E-state index contributed by atoms with van der Waals surface area (Å²) in [6, 6.07) is 10.5. The van der Waals surface area contributed by atoms with Gasteiger partial charge in [-0.05, 0) is 37.3 Å². The molecule has 1 heterocycles. The van der Waals surface area contributed by atoms with Gasteiger partial charge in [0.15, 0.2) is 0 Å². The molecule has 0 spiro atoms. The SMILES string of the molecule is c1ccc(CCOC[C@@H]2CCCNC2)cc1. The van der Waals surface area contributed by atoms with E-state index in [0.29, 0.717) is 0 Å². The van der Waals surface area contributed by atoms with Crippen molar-refractivity contribution in [1.29, 1.82) is 0 Å². The second kappa shape index (κ2) is 6.66. The summed E-state index contributed by atoms with van der Waals surface area (Å²) in [4.78, 5) is 0. The number of ether oxygens (including phenoxy) is 1. The van der Waals surface area contributed by atoms with Gasteiger partial charge in [-0.25, -0.2) is 0 Å². The van der Waals surface area contributed by atoms with Gasteiger partial charge in [-0.3, -0.25) is 0 Å². The molecule has 2 heteroatoms. The van der Waals surface area contributed by atoms with E-state index in [9.17, 15) is 0 Å². The Kier molecular flexibility index (Phi) is 4.84. The molecule has 88 valence electrons.